The molecule has 1 aliphatic rings. The van der Waals surface area contributed by atoms with Gasteiger partial charge in [0.15, 0.2) is 5.78 Å². The van der Waals surface area contributed by atoms with Crippen molar-refractivity contribution in [1.82, 2.24) is 4.98 Å². The average molecular weight is 779 g/mol. The van der Waals surface area contributed by atoms with Crippen LogP contribution in [0.25, 0.3) is 22.0 Å². The molecule has 3 nitrogen and oxygen atoms in total. The second kappa shape index (κ2) is 15.2. The van der Waals surface area contributed by atoms with Gasteiger partial charge in [0, 0.05) is 44.2 Å². The van der Waals surface area contributed by atoms with Crippen molar-refractivity contribution >= 4 is 43.1 Å². The number of carbonyl (C=O) groups excluding carboxylic acids is 1. The number of rotatable bonds is 8. The van der Waals surface area contributed by atoms with Gasteiger partial charge in [0.2, 0.25) is 0 Å². The fourth-order valence-electron chi connectivity index (χ4n) is 6.45. The van der Waals surface area contributed by atoms with Crippen molar-refractivity contribution in [2.45, 2.75) is 106 Å². The van der Waals surface area contributed by atoms with Crippen LogP contribution in [0.4, 0.5) is 0 Å². The Morgan fingerprint density at radius 3 is 2.07 bits per heavy atom. The van der Waals surface area contributed by atoms with Gasteiger partial charge in [0.05, 0.1) is 21.9 Å². The van der Waals surface area contributed by atoms with Crippen LogP contribution < -0.4 is 10.4 Å². The van der Waals surface area contributed by atoms with Crippen LogP contribution in [0.5, 0.6) is 0 Å². The van der Waals surface area contributed by atoms with E-state index in [0.29, 0.717) is 0 Å². The molecule has 2 aromatic carbocycles. The summed E-state index contributed by atoms with van der Waals surface area (Å²) in [6.07, 6.45) is 6.92. The number of carbonyl (C=O) groups is 1. The number of hydrogen-bond donors (Lipinski definition) is 1. The molecule has 0 saturated heterocycles. The molecule has 42 heavy (non-hydrogen) atoms. The number of nitrogens with zero attached hydrogens (tertiary/aromatic N) is 1. The van der Waals surface area contributed by atoms with Crippen LogP contribution in [0.2, 0.25) is 38.3 Å². The molecule has 6 heteroatoms. The largest absolute Gasteiger partial charge is 0.512 e. The molecule has 0 atom stereocenters. The minimum absolute atomic E-state index is 0. The van der Waals surface area contributed by atoms with E-state index in [0.717, 1.165) is 36.9 Å². The number of aromatic nitrogens is 1. The first kappa shape index (κ1) is 36.3. The van der Waals surface area contributed by atoms with E-state index in [2.05, 4.69) is 76.4 Å². The summed E-state index contributed by atoms with van der Waals surface area (Å²) in [5.74, 6) is 0.547. The van der Waals surface area contributed by atoms with E-state index in [1.54, 1.807) is 10.4 Å². The molecule has 0 saturated carbocycles. The van der Waals surface area contributed by atoms with Gasteiger partial charge < -0.3 is 10.1 Å². The van der Waals surface area contributed by atoms with Crippen LogP contribution in [0.15, 0.2) is 48.4 Å². The number of aryl methyl sites for hydroxylation is 2. The van der Waals surface area contributed by atoms with Crippen LogP contribution in [0.3, 0.4) is 0 Å². The molecule has 0 unspecified atom stereocenters. The van der Waals surface area contributed by atoms with Gasteiger partial charge in [-0.15, -0.1) is 34.9 Å². The van der Waals surface area contributed by atoms with Crippen LogP contribution in [-0.4, -0.2) is 32.0 Å². The minimum atomic E-state index is -1.41. The molecular formula is C36H52IrNO2Si2-. The molecule has 0 bridgehead atoms. The van der Waals surface area contributed by atoms with Gasteiger partial charge in [0.25, 0.3) is 0 Å². The third-order valence-corrected chi connectivity index (χ3v) is 16.7. The van der Waals surface area contributed by atoms with Crippen molar-refractivity contribution in [3.63, 3.8) is 0 Å². The summed E-state index contributed by atoms with van der Waals surface area (Å²) in [5, 5.41) is 15.9. The maximum absolute atomic E-state index is 11.7. The number of benzene rings is 2. The second-order valence-electron chi connectivity index (χ2n) is 13.3. The first-order valence-electron chi connectivity index (χ1n) is 15.7. The summed E-state index contributed by atoms with van der Waals surface area (Å²) in [7, 11) is -2.74. The first-order valence-corrected chi connectivity index (χ1v) is 22.1. The SMILES string of the molecule is CCC(CC)C(=O)/C=C(\O)C(CC)CC.Cc1[c-]c(-c2nccc3c4c(ccc23)[Si](C)(C)CC[Si]4(C)C)cc(C)c1.[Ir]. The standard InChI is InChI=1S/C23H28NSi2.C13H24O2.Ir/c1-16-13-17(2)15-18(14-16)22-19-7-8-21-23(20(19)9-10-24-22)26(5,6)12-11-25(21,3)4;1-5-10(6-2)12(14)9-13(15)11(7-3)8-4;/h7-10,13-14H,11-12H2,1-6H3;9-11,14H,5-8H2,1-4H3;/q-1;;/b;12-9-;. The Morgan fingerprint density at radius 1 is 0.905 bits per heavy atom. The van der Waals surface area contributed by atoms with Crippen molar-refractivity contribution in [2.75, 3.05) is 0 Å². The molecule has 0 aliphatic carbocycles. The summed E-state index contributed by atoms with van der Waals surface area (Å²) >= 11 is 0. The summed E-state index contributed by atoms with van der Waals surface area (Å²) in [4.78, 5) is 16.5. The molecule has 0 spiro atoms. The Morgan fingerprint density at radius 2 is 1.50 bits per heavy atom. The maximum atomic E-state index is 11.7. The number of aliphatic hydroxyl groups excluding tert-OH is 1. The normalized spacial score (nSPS) is 15.6. The Labute approximate surface area is 271 Å². The Balaban J connectivity index is 0.000000334. The van der Waals surface area contributed by atoms with Gasteiger partial charge in [-0.2, -0.15) is 0 Å². The Kier molecular flexibility index (Phi) is 13.2. The average Bonchev–Trinajstić information content (AvgIpc) is 2.91. The second-order valence-corrected chi connectivity index (χ2v) is 22.8. The van der Waals surface area contributed by atoms with E-state index in [9.17, 15) is 9.90 Å². The summed E-state index contributed by atoms with van der Waals surface area (Å²) < 4.78 is 0. The molecule has 3 aromatic rings. The predicted octanol–water partition coefficient (Wildman–Crippen LogP) is 9.03. The number of aliphatic hydroxyl groups is 1. The van der Waals surface area contributed by atoms with Crippen LogP contribution in [-0.2, 0) is 24.9 Å². The van der Waals surface area contributed by atoms with Crippen LogP contribution in [0, 0.1) is 31.7 Å². The molecule has 1 radical (unpaired) electrons. The molecule has 1 N–H and O–H groups in total. The third kappa shape index (κ3) is 8.19. The molecular weight excluding hydrogens is 727 g/mol. The van der Waals surface area contributed by atoms with Gasteiger partial charge in [0.1, 0.15) is 0 Å². The van der Waals surface area contributed by atoms with Gasteiger partial charge in [-0.1, -0.05) is 102 Å². The summed E-state index contributed by atoms with van der Waals surface area (Å²) in [5.41, 5.74) is 4.67. The van der Waals surface area contributed by atoms with E-state index in [1.807, 2.05) is 33.9 Å². The molecule has 2 heterocycles. The van der Waals surface area contributed by atoms with Crippen molar-refractivity contribution in [1.29, 1.82) is 0 Å². The quantitative estimate of drug-likeness (QED) is 0.108. The first-order chi connectivity index (χ1) is 19.3. The smallest absolute Gasteiger partial charge is 0.162 e. The third-order valence-electron chi connectivity index (χ3n) is 9.21. The van der Waals surface area contributed by atoms with Gasteiger partial charge in [-0.3, -0.25) is 4.79 Å². The van der Waals surface area contributed by atoms with Gasteiger partial charge in [-0.25, -0.2) is 0 Å². The van der Waals surface area contributed by atoms with Gasteiger partial charge >= 0.3 is 0 Å². The zero-order valence-corrected chi connectivity index (χ0v) is 32.0. The zero-order valence-electron chi connectivity index (χ0n) is 27.6. The predicted molar refractivity (Wildman–Crippen MR) is 183 cm³/mol. The molecule has 4 rings (SSSR count). The number of hydrogen-bond acceptors (Lipinski definition) is 3. The molecule has 231 valence electrons. The maximum Gasteiger partial charge on any atom is 0.162 e. The van der Waals surface area contributed by atoms with E-state index >= 15 is 0 Å². The van der Waals surface area contributed by atoms with Gasteiger partial charge in [-0.05, 0) is 48.2 Å². The summed E-state index contributed by atoms with van der Waals surface area (Å²) in [6, 6.07) is 17.8. The number of allylic oxidation sites excluding steroid dienone is 2. The van der Waals surface area contributed by atoms with Crippen LogP contribution in [0.1, 0.15) is 64.5 Å². The Bertz CT molecular complexity index is 1380. The molecule has 0 amide bonds. The van der Waals surface area contributed by atoms with Crippen molar-refractivity contribution in [3.05, 3.63) is 65.6 Å². The molecule has 1 aromatic heterocycles. The topological polar surface area (TPSA) is 50.2 Å². The van der Waals surface area contributed by atoms with Crippen molar-refractivity contribution < 1.29 is 30.0 Å². The molecule has 1 aliphatic heterocycles. The Hall–Kier alpha value is -1.86. The van der Waals surface area contributed by atoms with Crippen molar-refractivity contribution in [3.8, 4) is 11.3 Å². The fourth-order valence-corrected chi connectivity index (χ4v) is 17.1. The van der Waals surface area contributed by atoms with Crippen molar-refractivity contribution in [2.24, 2.45) is 11.8 Å². The molecule has 0 fully saturated rings. The number of ketones is 1. The summed E-state index contributed by atoms with van der Waals surface area (Å²) in [6.45, 7) is 22.5. The number of fused-ring (bicyclic) bond motifs is 3. The van der Waals surface area contributed by atoms with E-state index in [-0.39, 0.29) is 43.5 Å². The zero-order chi connectivity index (χ0) is 30.5. The van der Waals surface area contributed by atoms with Crippen LogP contribution >= 0.6 is 0 Å². The number of pyridine rings is 1. The van der Waals surface area contributed by atoms with E-state index in [1.165, 1.54) is 40.1 Å². The fraction of sp³-hybridized carbons (Fsp3) is 0.500. The van der Waals surface area contributed by atoms with E-state index < -0.39 is 16.1 Å². The minimum Gasteiger partial charge on any atom is -0.512 e. The monoisotopic (exact) mass is 779 g/mol. The van der Waals surface area contributed by atoms with E-state index in [4.69, 9.17) is 4.98 Å².